The molecule has 2 aromatic rings. The standard InChI is InChI=1S/C16H17BrFNO/c1-11(8-12-2-4-14(17)5-3-12)19-10-13-9-15(18)6-7-16(13)20/h2-7,9,11,19-20H,8,10H2,1H3. The van der Waals surface area contributed by atoms with E-state index in [4.69, 9.17) is 0 Å². The maximum Gasteiger partial charge on any atom is 0.123 e. The summed E-state index contributed by atoms with van der Waals surface area (Å²) in [6.07, 6.45) is 0.878. The molecule has 20 heavy (non-hydrogen) atoms. The van der Waals surface area contributed by atoms with Crippen LogP contribution in [0.1, 0.15) is 18.1 Å². The molecule has 0 aliphatic carbocycles. The second-order valence-electron chi connectivity index (χ2n) is 4.89. The molecule has 0 bridgehead atoms. The summed E-state index contributed by atoms with van der Waals surface area (Å²) in [5.74, 6) is -0.213. The molecule has 1 unspecified atom stereocenters. The van der Waals surface area contributed by atoms with Crippen molar-refractivity contribution >= 4 is 15.9 Å². The number of hydrogen-bond donors (Lipinski definition) is 2. The van der Waals surface area contributed by atoms with Crippen LogP contribution in [0.5, 0.6) is 5.75 Å². The molecule has 1 atom stereocenters. The molecule has 0 heterocycles. The number of rotatable bonds is 5. The number of halogens is 2. The van der Waals surface area contributed by atoms with E-state index in [0.29, 0.717) is 12.1 Å². The number of phenolic OH excluding ortho intramolecular Hbond substituents is 1. The first-order chi connectivity index (χ1) is 9.54. The van der Waals surface area contributed by atoms with Gasteiger partial charge in [-0.1, -0.05) is 28.1 Å². The van der Waals surface area contributed by atoms with E-state index in [1.165, 1.54) is 23.8 Å². The Bertz CT molecular complexity index is 571. The minimum atomic E-state index is -0.333. The number of nitrogens with one attached hydrogen (secondary N) is 1. The Hall–Kier alpha value is -1.39. The van der Waals surface area contributed by atoms with Crippen molar-refractivity contribution in [3.8, 4) is 5.75 Å². The van der Waals surface area contributed by atoms with Crippen molar-refractivity contribution in [2.24, 2.45) is 0 Å². The van der Waals surface area contributed by atoms with Gasteiger partial charge < -0.3 is 10.4 Å². The molecule has 0 radical (unpaired) electrons. The quantitative estimate of drug-likeness (QED) is 0.863. The lowest BCUT2D eigenvalue weighted by Crippen LogP contribution is -2.27. The van der Waals surface area contributed by atoms with Crippen LogP contribution in [-0.4, -0.2) is 11.1 Å². The van der Waals surface area contributed by atoms with Gasteiger partial charge in [-0.3, -0.25) is 0 Å². The van der Waals surface area contributed by atoms with Crippen LogP contribution in [0, 0.1) is 5.82 Å². The molecule has 106 valence electrons. The fraction of sp³-hybridized carbons (Fsp3) is 0.250. The van der Waals surface area contributed by atoms with Crippen LogP contribution in [0.15, 0.2) is 46.9 Å². The number of hydrogen-bond acceptors (Lipinski definition) is 2. The SMILES string of the molecule is CC(Cc1ccc(Br)cc1)NCc1cc(F)ccc1O. The van der Waals surface area contributed by atoms with Crippen molar-refractivity contribution in [2.75, 3.05) is 0 Å². The zero-order chi connectivity index (χ0) is 14.5. The van der Waals surface area contributed by atoms with Crippen molar-refractivity contribution in [1.29, 1.82) is 0 Å². The van der Waals surface area contributed by atoms with E-state index in [1.807, 2.05) is 12.1 Å². The highest BCUT2D eigenvalue weighted by Gasteiger charge is 2.07. The van der Waals surface area contributed by atoms with Crippen LogP contribution in [0.25, 0.3) is 0 Å². The maximum atomic E-state index is 13.1. The van der Waals surface area contributed by atoms with Gasteiger partial charge in [-0.2, -0.15) is 0 Å². The number of phenols is 1. The monoisotopic (exact) mass is 337 g/mol. The second-order valence-corrected chi connectivity index (χ2v) is 5.80. The first-order valence-electron chi connectivity index (χ1n) is 6.50. The molecule has 2 aromatic carbocycles. The summed E-state index contributed by atoms with van der Waals surface area (Å²) in [6.45, 7) is 2.51. The molecule has 2 N–H and O–H groups in total. The van der Waals surface area contributed by atoms with E-state index in [-0.39, 0.29) is 17.6 Å². The molecule has 0 spiro atoms. The number of aromatic hydroxyl groups is 1. The largest absolute Gasteiger partial charge is 0.508 e. The molecule has 0 amide bonds. The Morgan fingerprint density at radius 3 is 2.60 bits per heavy atom. The summed E-state index contributed by atoms with van der Waals surface area (Å²) in [4.78, 5) is 0. The van der Waals surface area contributed by atoms with Crippen LogP contribution >= 0.6 is 15.9 Å². The topological polar surface area (TPSA) is 32.3 Å². The Labute approximate surface area is 126 Å². The highest BCUT2D eigenvalue weighted by Crippen LogP contribution is 2.18. The van der Waals surface area contributed by atoms with E-state index in [0.717, 1.165) is 10.9 Å². The van der Waals surface area contributed by atoms with Gasteiger partial charge >= 0.3 is 0 Å². The average Bonchev–Trinajstić information content (AvgIpc) is 2.42. The Morgan fingerprint density at radius 1 is 1.20 bits per heavy atom. The van der Waals surface area contributed by atoms with Crippen LogP contribution in [0.3, 0.4) is 0 Å². The minimum Gasteiger partial charge on any atom is -0.508 e. The summed E-state index contributed by atoms with van der Waals surface area (Å²) in [6, 6.07) is 12.4. The normalized spacial score (nSPS) is 12.3. The van der Waals surface area contributed by atoms with Crippen LogP contribution in [0.2, 0.25) is 0 Å². The second kappa shape index (κ2) is 6.86. The van der Waals surface area contributed by atoms with Gasteiger partial charge in [-0.15, -0.1) is 0 Å². The van der Waals surface area contributed by atoms with E-state index < -0.39 is 0 Å². The maximum absolute atomic E-state index is 13.1. The Morgan fingerprint density at radius 2 is 1.90 bits per heavy atom. The average molecular weight is 338 g/mol. The Kier molecular flexibility index (Phi) is 5.15. The molecule has 4 heteroatoms. The molecular formula is C16H17BrFNO. The van der Waals surface area contributed by atoms with Gasteiger partial charge in [0.15, 0.2) is 0 Å². The third-order valence-corrected chi connectivity index (χ3v) is 3.67. The molecule has 0 aromatic heterocycles. The van der Waals surface area contributed by atoms with Crippen molar-refractivity contribution in [3.63, 3.8) is 0 Å². The summed E-state index contributed by atoms with van der Waals surface area (Å²) in [5.41, 5.74) is 1.81. The van der Waals surface area contributed by atoms with Gasteiger partial charge in [0.05, 0.1) is 0 Å². The van der Waals surface area contributed by atoms with E-state index in [2.05, 4.69) is 40.3 Å². The summed E-state index contributed by atoms with van der Waals surface area (Å²) < 4.78 is 14.2. The zero-order valence-electron chi connectivity index (χ0n) is 11.2. The van der Waals surface area contributed by atoms with Crippen LogP contribution < -0.4 is 5.32 Å². The summed E-state index contributed by atoms with van der Waals surface area (Å²) in [5, 5.41) is 12.9. The third kappa shape index (κ3) is 4.32. The smallest absolute Gasteiger partial charge is 0.123 e. The van der Waals surface area contributed by atoms with E-state index >= 15 is 0 Å². The highest BCUT2D eigenvalue weighted by molar-refractivity contribution is 9.10. The van der Waals surface area contributed by atoms with Crippen LogP contribution in [-0.2, 0) is 13.0 Å². The minimum absolute atomic E-state index is 0.120. The van der Waals surface area contributed by atoms with Crippen molar-refractivity contribution in [1.82, 2.24) is 5.32 Å². The highest BCUT2D eigenvalue weighted by atomic mass is 79.9. The fourth-order valence-corrected chi connectivity index (χ4v) is 2.29. The van der Waals surface area contributed by atoms with Gasteiger partial charge in [0.1, 0.15) is 11.6 Å². The van der Waals surface area contributed by atoms with Gasteiger partial charge in [-0.05, 0) is 49.2 Å². The predicted molar refractivity (Wildman–Crippen MR) is 82.2 cm³/mol. The predicted octanol–water partition coefficient (Wildman–Crippen LogP) is 4.01. The molecule has 0 aliphatic rings. The molecule has 0 aliphatic heterocycles. The lowest BCUT2D eigenvalue weighted by atomic mass is 10.1. The molecule has 2 rings (SSSR count). The van der Waals surface area contributed by atoms with Gasteiger partial charge in [0.2, 0.25) is 0 Å². The zero-order valence-corrected chi connectivity index (χ0v) is 12.8. The van der Waals surface area contributed by atoms with Crippen molar-refractivity contribution < 1.29 is 9.50 Å². The third-order valence-electron chi connectivity index (χ3n) is 3.14. The summed E-state index contributed by atoms with van der Waals surface area (Å²) >= 11 is 3.41. The lowest BCUT2D eigenvalue weighted by Gasteiger charge is -2.14. The summed E-state index contributed by atoms with van der Waals surface area (Å²) in [7, 11) is 0. The Balaban J connectivity index is 1.90. The lowest BCUT2D eigenvalue weighted by molar-refractivity contribution is 0.455. The first kappa shape index (κ1) is 15.0. The fourth-order valence-electron chi connectivity index (χ4n) is 2.03. The van der Waals surface area contributed by atoms with Crippen molar-refractivity contribution in [3.05, 3.63) is 63.9 Å². The molecule has 0 saturated carbocycles. The van der Waals surface area contributed by atoms with Gasteiger partial charge in [-0.25, -0.2) is 4.39 Å². The number of benzene rings is 2. The van der Waals surface area contributed by atoms with Crippen LogP contribution in [0.4, 0.5) is 4.39 Å². The molecule has 0 fully saturated rings. The molecular weight excluding hydrogens is 321 g/mol. The van der Waals surface area contributed by atoms with Gasteiger partial charge in [0.25, 0.3) is 0 Å². The first-order valence-corrected chi connectivity index (χ1v) is 7.29. The van der Waals surface area contributed by atoms with Gasteiger partial charge in [0, 0.05) is 22.6 Å². The van der Waals surface area contributed by atoms with E-state index in [9.17, 15) is 9.50 Å². The molecule has 0 saturated heterocycles. The van der Waals surface area contributed by atoms with E-state index in [1.54, 1.807) is 0 Å². The van der Waals surface area contributed by atoms with Crippen molar-refractivity contribution in [2.45, 2.75) is 25.9 Å². The molecule has 2 nitrogen and oxygen atoms in total.